The van der Waals surface area contributed by atoms with Gasteiger partial charge in [-0.3, -0.25) is 9.59 Å². The molecule has 6 aliphatic carbocycles. The average molecular weight is 772 g/mol. The largest absolute Gasteiger partial charge is 0.462 e. The Hall–Kier alpha value is -2.83. The molecular formula is C49H73NO6. The maximum absolute atomic E-state index is 14.0. The Morgan fingerprint density at radius 1 is 0.768 bits per heavy atom. The molecule has 1 aromatic carbocycles. The van der Waals surface area contributed by atoms with E-state index >= 15 is 0 Å². The molecular weight excluding hydrogens is 699 g/mol. The van der Waals surface area contributed by atoms with E-state index in [1.165, 1.54) is 24.8 Å². The van der Waals surface area contributed by atoms with Gasteiger partial charge in [-0.1, -0.05) is 91.0 Å². The molecule has 6 fully saturated rings. The average Bonchev–Trinajstić information content (AvgIpc) is 3.47. The molecule has 12 atom stereocenters. The third-order valence-corrected chi connectivity index (χ3v) is 18.1. The number of hydrogen-bond acceptors (Lipinski definition) is 6. The summed E-state index contributed by atoms with van der Waals surface area (Å²) >= 11 is 0. The lowest BCUT2D eigenvalue weighted by Crippen LogP contribution is -2.69. The van der Waals surface area contributed by atoms with Crippen LogP contribution in [0.2, 0.25) is 0 Å². The zero-order valence-electron chi connectivity index (χ0n) is 36.6. The first-order valence-electron chi connectivity index (χ1n) is 22.1. The van der Waals surface area contributed by atoms with Gasteiger partial charge in [0.25, 0.3) is 0 Å². The van der Waals surface area contributed by atoms with Crippen molar-refractivity contribution in [3.8, 4) is 0 Å². The SMILES string of the molecule is C=C(C)[C@@H]1CC[C@]2(NC(=O)OC(C)(C)C)CC[C@]3(C)[C@H](CC[C@@H]4[C@@]5(C)CC[C@H](OC(=O)[C@H]6C[C@@H](C(=O)OCc7ccccc7)C6(C)C)C(C)(C)[C@@H]5CC[C@]43C)[C@@H]12. The van der Waals surface area contributed by atoms with E-state index in [1.807, 2.05) is 65.0 Å². The lowest BCUT2D eigenvalue weighted by Gasteiger charge is -2.73. The minimum absolute atomic E-state index is 0.142. The number of allylic oxidation sites excluding steroid dienone is 1. The number of nitrogens with one attached hydrogen (secondary N) is 1. The van der Waals surface area contributed by atoms with Gasteiger partial charge in [-0.25, -0.2) is 4.79 Å². The van der Waals surface area contributed by atoms with Gasteiger partial charge in [0.05, 0.1) is 11.8 Å². The van der Waals surface area contributed by atoms with Gasteiger partial charge in [0.15, 0.2) is 0 Å². The van der Waals surface area contributed by atoms with Crippen LogP contribution >= 0.6 is 0 Å². The Morgan fingerprint density at radius 2 is 1.45 bits per heavy atom. The quantitative estimate of drug-likeness (QED) is 0.169. The van der Waals surface area contributed by atoms with Crippen LogP contribution in [0.3, 0.4) is 0 Å². The van der Waals surface area contributed by atoms with Crippen molar-refractivity contribution in [2.24, 2.45) is 68.5 Å². The molecule has 310 valence electrons. The fourth-order valence-electron chi connectivity index (χ4n) is 14.8. The fraction of sp³-hybridized carbons (Fsp3) is 0.776. The molecule has 6 aliphatic rings. The van der Waals surface area contributed by atoms with Crippen molar-refractivity contribution in [2.45, 2.75) is 171 Å². The van der Waals surface area contributed by atoms with Gasteiger partial charge in [-0.2, -0.15) is 0 Å². The van der Waals surface area contributed by atoms with Crippen LogP contribution in [0.5, 0.6) is 0 Å². The van der Waals surface area contributed by atoms with E-state index in [0.717, 1.165) is 50.5 Å². The Morgan fingerprint density at radius 3 is 2.09 bits per heavy atom. The van der Waals surface area contributed by atoms with E-state index in [2.05, 4.69) is 53.4 Å². The van der Waals surface area contributed by atoms with Gasteiger partial charge in [0.1, 0.15) is 18.3 Å². The van der Waals surface area contributed by atoms with Crippen LogP contribution in [0.15, 0.2) is 42.5 Å². The molecule has 0 unspecified atom stereocenters. The molecule has 7 nitrogen and oxygen atoms in total. The topological polar surface area (TPSA) is 90.9 Å². The summed E-state index contributed by atoms with van der Waals surface area (Å²) in [6.45, 7) is 29.4. The normalized spacial score (nSPS) is 42.0. The highest BCUT2D eigenvalue weighted by Crippen LogP contribution is 2.76. The fourth-order valence-corrected chi connectivity index (χ4v) is 14.8. The number of carbonyl (C=O) groups excluding carboxylic acids is 3. The molecule has 7 heteroatoms. The number of rotatable bonds is 7. The van der Waals surface area contributed by atoms with Gasteiger partial charge in [0.2, 0.25) is 0 Å². The molecule has 0 spiro atoms. The Kier molecular flexibility index (Phi) is 10.3. The van der Waals surface area contributed by atoms with Crippen molar-refractivity contribution < 1.29 is 28.6 Å². The second kappa shape index (κ2) is 13.9. The van der Waals surface area contributed by atoms with Crippen LogP contribution in [0.1, 0.15) is 152 Å². The van der Waals surface area contributed by atoms with Crippen LogP contribution in [0, 0.1) is 68.5 Å². The number of alkyl carbamates (subject to hydrolysis) is 1. The zero-order valence-corrected chi connectivity index (χ0v) is 36.6. The Balaban J connectivity index is 1.05. The first-order valence-corrected chi connectivity index (χ1v) is 22.1. The summed E-state index contributed by atoms with van der Waals surface area (Å²) in [7, 11) is 0. The summed E-state index contributed by atoms with van der Waals surface area (Å²) in [5.74, 6) is 1.30. The number of carbonyl (C=O) groups is 3. The molecule has 0 aliphatic heterocycles. The zero-order chi connectivity index (χ0) is 40.9. The predicted octanol–water partition coefficient (Wildman–Crippen LogP) is 11.2. The van der Waals surface area contributed by atoms with Crippen molar-refractivity contribution in [1.29, 1.82) is 0 Å². The Bertz CT molecular complexity index is 1710. The van der Waals surface area contributed by atoms with Crippen molar-refractivity contribution >= 4 is 18.0 Å². The first-order chi connectivity index (χ1) is 26.0. The van der Waals surface area contributed by atoms with E-state index in [0.29, 0.717) is 36.0 Å². The molecule has 1 amide bonds. The molecule has 0 radical (unpaired) electrons. The number of esters is 2. The van der Waals surface area contributed by atoms with E-state index in [4.69, 9.17) is 14.2 Å². The molecule has 0 saturated heterocycles. The summed E-state index contributed by atoms with van der Waals surface area (Å²) < 4.78 is 18.1. The molecule has 0 bridgehead atoms. The van der Waals surface area contributed by atoms with Gasteiger partial charge >= 0.3 is 18.0 Å². The van der Waals surface area contributed by atoms with E-state index < -0.39 is 11.0 Å². The Labute approximate surface area is 338 Å². The van der Waals surface area contributed by atoms with Crippen molar-refractivity contribution in [3.63, 3.8) is 0 Å². The predicted molar refractivity (Wildman–Crippen MR) is 220 cm³/mol. The molecule has 0 aromatic heterocycles. The number of hydrogen-bond donors (Lipinski definition) is 1. The van der Waals surface area contributed by atoms with Crippen molar-refractivity contribution in [3.05, 3.63) is 48.0 Å². The number of benzene rings is 1. The maximum Gasteiger partial charge on any atom is 0.408 e. The second-order valence-electron chi connectivity index (χ2n) is 22.5. The van der Waals surface area contributed by atoms with E-state index in [9.17, 15) is 14.4 Å². The lowest BCUT2D eigenvalue weighted by atomic mass is 9.32. The first kappa shape index (κ1) is 41.3. The van der Waals surface area contributed by atoms with Gasteiger partial charge in [0, 0.05) is 11.0 Å². The van der Waals surface area contributed by atoms with Crippen molar-refractivity contribution in [1.82, 2.24) is 5.32 Å². The second-order valence-corrected chi connectivity index (χ2v) is 22.5. The minimum atomic E-state index is -0.536. The number of ether oxygens (including phenoxy) is 3. The maximum atomic E-state index is 14.0. The molecule has 7 rings (SSSR count). The van der Waals surface area contributed by atoms with Gasteiger partial charge in [-0.05, 0) is 155 Å². The highest BCUT2D eigenvalue weighted by molar-refractivity contribution is 5.82. The molecule has 1 N–H and O–H groups in total. The highest BCUT2D eigenvalue weighted by Gasteiger charge is 2.71. The molecule has 6 saturated carbocycles. The monoisotopic (exact) mass is 772 g/mol. The number of amides is 1. The molecule has 56 heavy (non-hydrogen) atoms. The van der Waals surface area contributed by atoms with Gasteiger partial charge in [-0.15, -0.1) is 0 Å². The smallest absolute Gasteiger partial charge is 0.408 e. The summed E-state index contributed by atoms with van der Waals surface area (Å²) in [5.41, 5.74) is 1.21. The highest BCUT2D eigenvalue weighted by atomic mass is 16.6. The van der Waals surface area contributed by atoms with Crippen LogP contribution < -0.4 is 5.32 Å². The third kappa shape index (κ3) is 6.46. The van der Waals surface area contributed by atoms with Crippen molar-refractivity contribution in [2.75, 3.05) is 0 Å². The third-order valence-electron chi connectivity index (χ3n) is 18.1. The molecule has 0 heterocycles. The van der Waals surface area contributed by atoms with Gasteiger partial charge < -0.3 is 19.5 Å². The summed E-state index contributed by atoms with van der Waals surface area (Å²) in [6.07, 6.45) is 10.8. The van der Waals surface area contributed by atoms with E-state index in [1.54, 1.807) is 0 Å². The minimum Gasteiger partial charge on any atom is -0.462 e. The van der Waals surface area contributed by atoms with Crippen LogP contribution in [0.25, 0.3) is 0 Å². The summed E-state index contributed by atoms with van der Waals surface area (Å²) in [6, 6.07) is 9.74. The standard InChI is InChI=1S/C49H73NO6/c1-30(2)32-20-25-49(50-42(53)56-43(3,4)5)27-26-47(11)33(39(32)49)18-19-37-46(10)23-22-38(45(8,9)36(46)21-24-48(37,47)12)55-41(52)35-28-34(44(35,6)7)40(51)54-29-31-16-14-13-15-17-31/h13-17,32-39H,1,18-29H2,2-12H3,(H,50,53)/t32-,33+,34-,35+,36-,37+,38-,39+,46-,47+,48+,49-/m0/s1. The summed E-state index contributed by atoms with van der Waals surface area (Å²) in [4.78, 5) is 40.5. The number of fused-ring (bicyclic) bond motifs is 7. The summed E-state index contributed by atoms with van der Waals surface area (Å²) in [5, 5.41) is 3.53. The van der Waals surface area contributed by atoms with E-state index in [-0.39, 0.29) is 69.8 Å². The van der Waals surface area contributed by atoms with Crippen LogP contribution in [-0.2, 0) is 30.4 Å². The lowest BCUT2D eigenvalue weighted by molar-refractivity contribution is -0.248. The van der Waals surface area contributed by atoms with Crippen LogP contribution in [-0.4, -0.2) is 35.3 Å². The van der Waals surface area contributed by atoms with Crippen LogP contribution in [0.4, 0.5) is 4.79 Å². The molecule has 1 aromatic rings.